The fourth-order valence-corrected chi connectivity index (χ4v) is 2.43. The number of nitrogens with zero attached hydrogens (tertiary/aromatic N) is 2. The van der Waals surface area contributed by atoms with Crippen LogP contribution < -0.4 is 14.8 Å². The van der Waals surface area contributed by atoms with Gasteiger partial charge in [-0.25, -0.2) is 0 Å². The van der Waals surface area contributed by atoms with E-state index in [1.807, 2.05) is 18.2 Å². The van der Waals surface area contributed by atoms with Crippen LogP contribution in [-0.2, 0) is 13.5 Å². The molecule has 1 N–H and O–H groups in total. The Morgan fingerprint density at radius 3 is 2.73 bits per heavy atom. The van der Waals surface area contributed by atoms with Gasteiger partial charge in [0.2, 0.25) is 0 Å². The third kappa shape index (κ3) is 3.59. The molecular weight excluding hydrogens is 350 g/mol. The minimum absolute atomic E-state index is 0.165. The molecule has 7 heteroatoms. The van der Waals surface area contributed by atoms with Gasteiger partial charge in [-0.15, -0.1) is 0 Å². The first kappa shape index (κ1) is 16.4. The molecule has 0 radical (unpaired) electrons. The number of hydrogen-bond acceptors (Lipinski definition) is 4. The summed E-state index contributed by atoms with van der Waals surface area (Å²) in [4.78, 5) is 12.1. The Hall–Kier alpha value is -2.02. The number of amides is 1. The Balaban J connectivity index is 1.99. The van der Waals surface area contributed by atoms with Gasteiger partial charge in [0, 0.05) is 13.6 Å². The van der Waals surface area contributed by atoms with Crippen molar-refractivity contribution in [2.75, 3.05) is 20.8 Å². The molecular formula is C15H18BrN3O3. The average Bonchev–Trinajstić information content (AvgIpc) is 2.86. The molecule has 6 nitrogen and oxygen atoms in total. The predicted molar refractivity (Wildman–Crippen MR) is 86.5 cm³/mol. The second-order valence-corrected chi connectivity index (χ2v) is 5.41. The zero-order valence-corrected chi connectivity index (χ0v) is 14.3. The van der Waals surface area contributed by atoms with Gasteiger partial charge in [0.25, 0.3) is 5.91 Å². The quantitative estimate of drug-likeness (QED) is 0.849. The summed E-state index contributed by atoms with van der Waals surface area (Å²) in [7, 11) is 5.01. The van der Waals surface area contributed by atoms with Gasteiger partial charge in [-0.2, -0.15) is 5.10 Å². The molecule has 0 aliphatic rings. The lowest BCUT2D eigenvalue weighted by atomic mass is 10.1. The first-order valence-corrected chi connectivity index (χ1v) is 7.52. The lowest BCUT2D eigenvalue weighted by molar-refractivity contribution is 0.0953. The smallest absolute Gasteiger partial charge is 0.255 e. The molecule has 0 atom stereocenters. The van der Waals surface area contributed by atoms with Crippen molar-refractivity contribution in [3.05, 3.63) is 40.1 Å². The number of carbonyl (C=O) groups excluding carboxylic acids is 1. The Kier molecular flexibility index (Phi) is 5.43. The Bertz CT molecular complexity index is 670. The van der Waals surface area contributed by atoms with Crippen LogP contribution in [0.3, 0.4) is 0 Å². The largest absolute Gasteiger partial charge is 0.497 e. The second kappa shape index (κ2) is 7.31. The maximum absolute atomic E-state index is 12.1. The fourth-order valence-electron chi connectivity index (χ4n) is 2.06. The van der Waals surface area contributed by atoms with Gasteiger partial charge >= 0.3 is 0 Å². The first-order valence-electron chi connectivity index (χ1n) is 6.73. The lowest BCUT2D eigenvalue weighted by Gasteiger charge is -2.11. The minimum Gasteiger partial charge on any atom is -0.497 e. The molecule has 0 saturated heterocycles. The number of rotatable bonds is 6. The Morgan fingerprint density at radius 1 is 1.36 bits per heavy atom. The number of benzene rings is 1. The number of ether oxygens (including phenoxy) is 2. The van der Waals surface area contributed by atoms with Crippen molar-refractivity contribution in [1.82, 2.24) is 15.1 Å². The Morgan fingerprint density at radius 2 is 2.14 bits per heavy atom. The van der Waals surface area contributed by atoms with E-state index in [2.05, 4.69) is 26.3 Å². The van der Waals surface area contributed by atoms with E-state index in [0.717, 1.165) is 17.1 Å². The summed E-state index contributed by atoms with van der Waals surface area (Å²) in [5, 5.41) is 6.90. The van der Waals surface area contributed by atoms with Crippen LogP contribution in [-0.4, -0.2) is 36.5 Å². The topological polar surface area (TPSA) is 65.4 Å². The van der Waals surface area contributed by atoms with E-state index in [4.69, 9.17) is 9.47 Å². The molecule has 0 aliphatic carbocycles. The molecule has 2 rings (SSSR count). The predicted octanol–water partition coefficient (Wildman–Crippen LogP) is 2.17. The van der Waals surface area contributed by atoms with Crippen molar-refractivity contribution in [3.8, 4) is 11.5 Å². The highest BCUT2D eigenvalue weighted by Crippen LogP contribution is 2.24. The molecule has 22 heavy (non-hydrogen) atoms. The number of hydrogen-bond donors (Lipinski definition) is 1. The van der Waals surface area contributed by atoms with Gasteiger partial charge in [-0.3, -0.25) is 9.48 Å². The Labute approximate surface area is 137 Å². The van der Waals surface area contributed by atoms with Gasteiger partial charge in [0.05, 0.1) is 26.0 Å². The van der Waals surface area contributed by atoms with Crippen LogP contribution in [0.5, 0.6) is 11.5 Å². The highest BCUT2D eigenvalue weighted by molar-refractivity contribution is 9.10. The van der Waals surface area contributed by atoms with E-state index in [-0.39, 0.29) is 5.91 Å². The van der Waals surface area contributed by atoms with Crippen LogP contribution in [0.25, 0.3) is 0 Å². The molecule has 118 valence electrons. The maximum atomic E-state index is 12.1. The summed E-state index contributed by atoms with van der Waals surface area (Å²) in [6.07, 6.45) is 2.18. The zero-order chi connectivity index (χ0) is 16.1. The number of halogens is 1. The van der Waals surface area contributed by atoms with Crippen molar-refractivity contribution >= 4 is 21.8 Å². The van der Waals surface area contributed by atoms with Gasteiger partial charge in [0.1, 0.15) is 16.1 Å². The van der Waals surface area contributed by atoms with Crippen LogP contribution in [0, 0.1) is 0 Å². The van der Waals surface area contributed by atoms with Gasteiger partial charge in [-0.05, 0) is 46.1 Å². The third-order valence-corrected chi connectivity index (χ3v) is 4.22. The number of aromatic nitrogens is 2. The van der Waals surface area contributed by atoms with Gasteiger partial charge < -0.3 is 14.8 Å². The van der Waals surface area contributed by atoms with Crippen LogP contribution in [0.4, 0.5) is 0 Å². The normalized spacial score (nSPS) is 10.4. The van der Waals surface area contributed by atoms with Crippen LogP contribution in [0.2, 0.25) is 0 Å². The van der Waals surface area contributed by atoms with Crippen molar-refractivity contribution in [2.24, 2.45) is 7.05 Å². The van der Waals surface area contributed by atoms with Gasteiger partial charge in [0.15, 0.2) is 0 Å². The molecule has 0 bridgehead atoms. The summed E-state index contributed by atoms with van der Waals surface area (Å²) in [6.45, 7) is 0.490. The van der Waals surface area contributed by atoms with Crippen LogP contribution in [0.15, 0.2) is 29.0 Å². The molecule has 0 unspecified atom stereocenters. The number of methoxy groups -OCH3 is 2. The molecule has 0 fully saturated rings. The summed E-state index contributed by atoms with van der Waals surface area (Å²) in [5.41, 5.74) is 1.49. The highest BCUT2D eigenvalue weighted by atomic mass is 79.9. The molecule has 1 amide bonds. The van der Waals surface area contributed by atoms with Crippen molar-refractivity contribution in [3.63, 3.8) is 0 Å². The number of nitrogens with one attached hydrogen (secondary N) is 1. The second-order valence-electron chi connectivity index (χ2n) is 4.66. The SMILES string of the molecule is COc1ccc(OC)c(CCNC(=O)c2cnn(C)c2Br)c1. The van der Waals surface area contributed by atoms with E-state index in [9.17, 15) is 4.79 Å². The van der Waals surface area contributed by atoms with E-state index >= 15 is 0 Å². The van der Waals surface area contributed by atoms with Crippen molar-refractivity contribution in [2.45, 2.75) is 6.42 Å². The van der Waals surface area contributed by atoms with E-state index in [0.29, 0.717) is 23.1 Å². The molecule has 0 aliphatic heterocycles. The summed E-state index contributed by atoms with van der Waals surface area (Å²) in [5.74, 6) is 1.37. The number of carbonyl (C=O) groups is 1. The minimum atomic E-state index is -0.165. The molecule has 2 aromatic rings. The fraction of sp³-hybridized carbons (Fsp3) is 0.333. The maximum Gasteiger partial charge on any atom is 0.255 e. The van der Waals surface area contributed by atoms with Crippen molar-refractivity contribution in [1.29, 1.82) is 0 Å². The standard InChI is InChI=1S/C15H18BrN3O3/c1-19-14(16)12(9-18-19)15(20)17-7-6-10-8-11(21-2)4-5-13(10)22-3/h4-5,8-9H,6-7H2,1-3H3,(H,17,20). The summed E-state index contributed by atoms with van der Waals surface area (Å²) in [6, 6.07) is 5.60. The average molecular weight is 368 g/mol. The van der Waals surface area contributed by atoms with Gasteiger partial charge in [-0.1, -0.05) is 0 Å². The summed E-state index contributed by atoms with van der Waals surface area (Å²) >= 11 is 3.33. The summed E-state index contributed by atoms with van der Waals surface area (Å²) < 4.78 is 12.8. The molecule has 1 heterocycles. The molecule has 1 aromatic carbocycles. The highest BCUT2D eigenvalue weighted by Gasteiger charge is 2.14. The molecule has 0 saturated carbocycles. The van der Waals surface area contributed by atoms with Crippen LogP contribution >= 0.6 is 15.9 Å². The third-order valence-electron chi connectivity index (χ3n) is 3.28. The molecule has 1 aromatic heterocycles. The number of aryl methyl sites for hydroxylation is 1. The monoisotopic (exact) mass is 367 g/mol. The van der Waals surface area contributed by atoms with Crippen molar-refractivity contribution < 1.29 is 14.3 Å². The lowest BCUT2D eigenvalue weighted by Crippen LogP contribution is -2.25. The van der Waals surface area contributed by atoms with E-state index < -0.39 is 0 Å². The van der Waals surface area contributed by atoms with E-state index in [1.54, 1.807) is 25.9 Å². The molecule has 0 spiro atoms. The zero-order valence-electron chi connectivity index (χ0n) is 12.7. The van der Waals surface area contributed by atoms with E-state index in [1.165, 1.54) is 6.20 Å². The van der Waals surface area contributed by atoms with Crippen LogP contribution in [0.1, 0.15) is 15.9 Å². The first-order chi connectivity index (χ1) is 10.6.